The highest BCUT2D eigenvalue weighted by Crippen LogP contribution is 2.46. The van der Waals surface area contributed by atoms with E-state index in [1.807, 2.05) is 0 Å². The number of hydrogen-bond donors (Lipinski definition) is 3. The third kappa shape index (κ3) is 3.39. The van der Waals surface area contributed by atoms with Gasteiger partial charge in [-0.05, 0) is 43.6 Å². The van der Waals surface area contributed by atoms with Gasteiger partial charge in [-0.25, -0.2) is 23.5 Å². The van der Waals surface area contributed by atoms with Crippen molar-refractivity contribution in [2.75, 3.05) is 5.32 Å². The van der Waals surface area contributed by atoms with Gasteiger partial charge < -0.3 is 10.2 Å². The van der Waals surface area contributed by atoms with E-state index in [1.54, 1.807) is 6.07 Å². The van der Waals surface area contributed by atoms with Crippen LogP contribution in [0.3, 0.4) is 0 Å². The van der Waals surface area contributed by atoms with Gasteiger partial charge in [-0.15, -0.1) is 0 Å². The molecule has 4 N–H and O–H groups in total. The first-order valence-electron chi connectivity index (χ1n) is 9.99. The van der Waals surface area contributed by atoms with Crippen LogP contribution in [0.1, 0.15) is 25.7 Å². The summed E-state index contributed by atoms with van der Waals surface area (Å²) >= 11 is 6.01. The number of fused-ring (bicyclic) bond motifs is 4. The number of hydrogen-bond acceptors (Lipinski definition) is 7. The van der Waals surface area contributed by atoms with Gasteiger partial charge in [0.05, 0.1) is 16.6 Å². The largest absolute Gasteiger partial charge is 0.373 e. The fourth-order valence-electron chi connectivity index (χ4n) is 5.03. The Labute approximate surface area is 180 Å². The molecule has 11 heteroatoms. The number of rotatable bonds is 4. The molecule has 0 spiro atoms. The van der Waals surface area contributed by atoms with Crippen molar-refractivity contribution < 1.29 is 18.4 Å². The van der Waals surface area contributed by atoms with E-state index in [9.17, 15) is 13.6 Å². The van der Waals surface area contributed by atoms with E-state index < -0.39 is 29.6 Å². The lowest BCUT2D eigenvalue weighted by molar-refractivity contribution is -0.155. The summed E-state index contributed by atoms with van der Waals surface area (Å²) in [6, 6.07) is 1.93. The summed E-state index contributed by atoms with van der Waals surface area (Å²) in [5.74, 6) is 2.47. The van der Waals surface area contributed by atoms with Crippen molar-refractivity contribution in [2.24, 2.45) is 23.7 Å². The van der Waals surface area contributed by atoms with E-state index in [2.05, 4.69) is 30.3 Å². The third-order valence-electron chi connectivity index (χ3n) is 6.45. The zero-order chi connectivity index (χ0) is 21.7. The molecule has 31 heavy (non-hydrogen) atoms. The molecule has 0 amide bonds. The third-order valence-corrected chi connectivity index (χ3v) is 6.66. The number of H-pyrrole nitrogens is 1. The fourth-order valence-corrected chi connectivity index (χ4v) is 5.19. The summed E-state index contributed by atoms with van der Waals surface area (Å²) < 4.78 is 29.4. The lowest BCUT2D eigenvalue weighted by Crippen LogP contribution is -2.52. The Balaban J connectivity index is 1.54. The molecule has 3 fully saturated rings. The van der Waals surface area contributed by atoms with Crippen LogP contribution in [0.25, 0.3) is 22.4 Å². The number of aromatic amines is 1. The molecule has 3 aromatic rings. The van der Waals surface area contributed by atoms with Crippen molar-refractivity contribution in [3.63, 3.8) is 0 Å². The smallest absolute Gasteiger partial charge is 0.329 e. The first-order valence-corrected chi connectivity index (χ1v) is 10.4. The second-order valence-electron chi connectivity index (χ2n) is 8.08. The summed E-state index contributed by atoms with van der Waals surface area (Å²) in [5.41, 5.74) is 0.429. The van der Waals surface area contributed by atoms with Crippen molar-refractivity contribution in [1.29, 1.82) is 0 Å². The van der Waals surface area contributed by atoms with Crippen LogP contribution in [0.15, 0.2) is 18.3 Å². The number of carbonyl (C=O) groups is 1. The number of halogens is 3. The van der Waals surface area contributed by atoms with Gasteiger partial charge in [0, 0.05) is 23.7 Å². The predicted molar refractivity (Wildman–Crippen MR) is 109 cm³/mol. The van der Waals surface area contributed by atoms with Crippen molar-refractivity contribution in [3.05, 3.63) is 35.0 Å². The number of anilines is 1. The van der Waals surface area contributed by atoms with E-state index in [0.29, 0.717) is 16.1 Å². The molecule has 3 aliphatic carbocycles. The first-order chi connectivity index (χ1) is 15.0. The first kappa shape index (κ1) is 20.1. The molecular formula is C20H19ClF2N6O2. The van der Waals surface area contributed by atoms with Crippen LogP contribution in [-0.4, -0.2) is 32.2 Å². The molecule has 3 aliphatic rings. The molecule has 3 saturated carbocycles. The number of nitrogens with one attached hydrogen (secondary N) is 2. The van der Waals surface area contributed by atoms with Crippen LogP contribution in [-0.2, 0) is 9.63 Å². The van der Waals surface area contributed by atoms with E-state index in [0.717, 1.165) is 31.7 Å². The predicted octanol–water partition coefficient (Wildman–Crippen LogP) is 3.59. The maximum atomic E-state index is 14.7. The van der Waals surface area contributed by atoms with E-state index in [1.165, 1.54) is 6.20 Å². The van der Waals surface area contributed by atoms with Gasteiger partial charge in [-0.2, -0.15) is 11.0 Å². The Morgan fingerprint density at radius 3 is 2.68 bits per heavy atom. The van der Waals surface area contributed by atoms with Crippen molar-refractivity contribution in [2.45, 2.75) is 31.7 Å². The highest BCUT2D eigenvalue weighted by atomic mass is 35.5. The highest BCUT2D eigenvalue weighted by Gasteiger charge is 2.48. The molecule has 0 radical (unpaired) electrons. The molecule has 2 atom stereocenters. The minimum absolute atomic E-state index is 0.103. The maximum Gasteiger partial charge on any atom is 0.329 e. The Morgan fingerprint density at radius 2 is 1.94 bits per heavy atom. The van der Waals surface area contributed by atoms with Crippen molar-refractivity contribution >= 4 is 34.4 Å². The van der Waals surface area contributed by atoms with Crippen LogP contribution >= 0.6 is 11.6 Å². The average molecular weight is 449 g/mol. The van der Waals surface area contributed by atoms with Crippen molar-refractivity contribution in [1.82, 2.24) is 20.2 Å². The maximum absolute atomic E-state index is 14.7. The van der Waals surface area contributed by atoms with E-state index in [-0.39, 0.29) is 29.0 Å². The lowest BCUT2D eigenvalue weighted by atomic mass is 9.61. The Hall–Kier alpha value is -2.85. The number of pyridine rings is 2. The number of aromatic nitrogens is 4. The Bertz CT molecular complexity index is 1160. The Morgan fingerprint density at radius 1 is 1.19 bits per heavy atom. The summed E-state index contributed by atoms with van der Waals surface area (Å²) in [7, 11) is 0. The molecule has 3 aromatic heterocycles. The zero-order valence-electron chi connectivity index (χ0n) is 16.2. The van der Waals surface area contributed by atoms with Gasteiger partial charge >= 0.3 is 5.97 Å². The molecule has 8 nitrogen and oxygen atoms in total. The van der Waals surface area contributed by atoms with Gasteiger partial charge in [-0.1, -0.05) is 11.6 Å². The van der Waals surface area contributed by atoms with E-state index in [4.69, 9.17) is 17.5 Å². The molecule has 0 aromatic carbocycles. The SMILES string of the molecule is NOC(=O)C1C2CCC(CC2)C1Nc1nc(-c2[nH]nc3ncc(Cl)cc23)c(F)cc1F. The standard InChI is InChI=1S/C20H19ClF2N6O2/c21-10-5-11-16(28-29-18(11)25-7-10)17-12(22)6-13(23)19(27-17)26-15-9-3-1-8(2-4-9)14(15)20(30)31-24/h5-9,14-15H,1-4,24H2,(H,26,27)(H,25,28,29). The molecule has 6 rings (SSSR count). The number of carbonyl (C=O) groups excluding carboxylic acids is 1. The summed E-state index contributed by atoms with van der Waals surface area (Å²) in [5, 5.41) is 10.6. The molecular weight excluding hydrogens is 430 g/mol. The van der Waals surface area contributed by atoms with Crippen LogP contribution < -0.4 is 11.2 Å². The van der Waals surface area contributed by atoms with Crippen molar-refractivity contribution in [3.8, 4) is 11.4 Å². The average Bonchev–Trinajstić information content (AvgIpc) is 3.18. The number of nitrogens with two attached hydrogens (primary N) is 1. The monoisotopic (exact) mass is 448 g/mol. The van der Waals surface area contributed by atoms with Gasteiger partial charge in [0.1, 0.15) is 5.69 Å². The van der Waals surface area contributed by atoms with Crippen LogP contribution in [0.4, 0.5) is 14.6 Å². The van der Waals surface area contributed by atoms with Gasteiger partial charge in [0.2, 0.25) is 0 Å². The summed E-state index contributed by atoms with van der Waals surface area (Å²) in [6.07, 6.45) is 5.01. The molecule has 2 bridgehead atoms. The highest BCUT2D eigenvalue weighted by molar-refractivity contribution is 6.31. The lowest BCUT2D eigenvalue weighted by Gasteiger charge is -2.47. The molecule has 0 saturated heterocycles. The second kappa shape index (κ2) is 7.69. The quantitative estimate of drug-likeness (QED) is 0.522. The second-order valence-corrected chi connectivity index (χ2v) is 8.52. The summed E-state index contributed by atoms with van der Waals surface area (Å²) in [4.78, 5) is 25.1. The minimum atomic E-state index is -0.864. The van der Waals surface area contributed by atoms with Gasteiger partial charge in [-0.3, -0.25) is 5.10 Å². The topological polar surface area (TPSA) is 119 Å². The van der Waals surface area contributed by atoms with E-state index >= 15 is 0 Å². The Kier molecular flexibility index (Phi) is 4.98. The van der Waals surface area contributed by atoms with Gasteiger partial charge in [0.15, 0.2) is 23.1 Å². The molecule has 3 heterocycles. The minimum Gasteiger partial charge on any atom is -0.373 e. The summed E-state index contributed by atoms with van der Waals surface area (Å²) in [6.45, 7) is 0. The van der Waals surface area contributed by atoms with Crippen LogP contribution in [0.2, 0.25) is 5.02 Å². The van der Waals surface area contributed by atoms with Crippen LogP contribution in [0, 0.1) is 29.4 Å². The zero-order valence-corrected chi connectivity index (χ0v) is 17.0. The normalized spacial score (nSPS) is 25.0. The molecule has 0 aliphatic heterocycles. The fraction of sp³-hybridized carbons (Fsp3) is 0.400. The van der Waals surface area contributed by atoms with Crippen LogP contribution in [0.5, 0.6) is 0 Å². The molecule has 162 valence electrons. The molecule has 2 unspecified atom stereocenters. The van der Waals surface area contributed by atoms with Gasteiger partial charge in [0.25, 0.3) is 0 Å². The number of nitrogens with zero attached hydrogens (tertiary/aromatic N) is 3.